The zero-order valence-electron chi connectivity index (χ0n) is 71.1. The van der Waals surface area contributed by atoms with E-state index >= 15 is 0 Å². The molecule has 0 bridgehead atoms. The number of benzene rings is 15. The number of fused-ring (bicyclic) bond motifs is 2. The second kappa shape index (κ2) is 40.9. The summed E-state index contributed by atoms with van der Waals surface area (Å²) < 4.78 is 225. The minimum atomic E-state index is -4.09. The molecule has 0 heterocycles. The van der Waals surface area contributed by atoms with Crippen molar-refractivity contribution < 1.29 is 121 Å². The Bertz CT molecular complexity index is 7780. The Morgan fingerprint density at radius 2 is 0.451 bits per heavy atom. The summed E-state index contributed by atoms with van der Waals surface area (Å²) >= 11 is 0. The molecule has 6 N–H and O–H groups in total. The molecule has 0 saturated carbocycles. The second-order valence-electron chi connectivity index (χ2n) is 30.8. The molecule has 0 aliphatic rings. The highest BCUT2D eigenvalue weighted by molar-refractivity contribution is 7.94. The van der Waals surface area contributed by atoms with Gasteiger partial charge in [-0.15, -0.1) is 0 Å². The first-order valence-corrected chi connectivity index (χ1v) is 52.6. The summed E-state index contributed by atoms with van der Waals surface area (Å²) in [6, 6.07) is 87.3. The van der Waals surface area contributed by atoms with Crippen LogP contribution in [-0.4, -0.2) is 134 Å². The molecular weight excluding hydrogens is 1890 g/mol. The molecule has 15 aromatic carbocycles. The topological polar surface area (TPSA) is 480 Å². The maximum Gasteiger partial charge on any atom is 0.335 e. The molecule has 688 valence electrons. The number of hydrogen-bond donors (Lipinski definition) is 6. The molecule has 0 amide bonds. The number of carbonyl (C=O) groups is 3. The van der Waals surface area contributed by atoms with Crippen LogP contribution in [0.4, 0.5) is 0 Å². The Morgan fingerprint density at radius 3 is 0.774 bits per heavy atom. The van der Waals surface area contributed by atoms with Crippen LogP contribution in [0.5, 0.6) is 17.2 Å². The van der Waals surface area contributed by atoms with Gasteiger partial charge in [-0.05, 0) is 282 Å². The first-order valence-electron chi connectivity index (χ1n) is 39.2. The fourth-order valence-electron chi connectivity index (χ4n) is 12.3. The SMILES string of the molecule is CC(C)(C)S(=O)(=O)c1cc(S(=O)(=O)C(C)(C)C)c2ccc(O)cc2c1.O=C(O)c1cc(S(=O)(=O)c2ccccc2)cc(S(=O)(=O)c2ccccc2)c1.O=C(O)c1ccc(S(=O)(=O)c2ccccc2)cc1.O=C(O)c1ccc2cc(S(=O)(=O)c3ccccc3)ccc2c1.O=S(=O)(c1ccccc1)c1cc(O)cc(S(=O)(=O)c2ccccc2)c1.O=S(=O)(c1ccccc1)c1ccc(O)cc1. The maximum atomic E-state index is 13.0. The number of hydrogen-bond acceptors (Lipinski definition) is 24. The van der Waals surface area contributed by atoms with E-state index in [1.807, 2.05) is 0 Å². The number of sulfone groups is 9. The van der Waals surface area contributed by atoms with Crippen LogP contribution >= 0.6 is 0 Å². The molecule has 0 unspecified atom stereocenters. The molecule has 0 aliphatic heterocycles. The highest BCUT2D eigenvalue weighted by Crippen LogP contribution is 2.39. The zero-order valence-corrected chi connectivity index (χ0v) is 78.4. The smallest absolute Gasteiger partial charge is 0.335 e. The number of aromatic hydroxyl groups is 3. The fraction of sp³-hybridized carbons (Fsp3) is 0.0825. The van der Waals surface area contributed by atoms with E-state index in [1.54, 1.807) is 187 Å². The van der Waals surface area contributed by atoms with E-state index in [9.17, 15) is 105 Å². The highest BCUT2D eigenvalue weighted by atomic mass is 32.2. The Hall–Kier alpha value is -13.8. The Morgan fingerprint density at radius 1 is 0.195 bits per heavy atom. The summed E-state index contributed by atoms with van der Waals surface area (Å²) in [6.07, 6.45) is 0. The van der Waals surface area contributed by atoms with E-state index in [1.165, 1.54) is 182 Å². The van der Waals surface area contributed by atoms with Crippen LogP contribution in [0.1, 0.15) is 72.6 Å². The van der Waals surface area contributed by atoms with Gasteiger partial charge >= 0.3 is 17.9 Å². The van der Waals surface area contributed by atoms with Crippen molar-refractivity contribution in [1.29, 1.82) is 0 Å². The van der Waals surface area contributed by atoms with Crippen molar-refractivity contribution in [2.75, 3.05) is 0 Å². The van der Waals surface area contributed by atoms with Gasteiger partial charge in [0.15, 0.2) is 19.7 Å². The van der Waals surface area contributed by atoms with Crippen LogP contribution in [0.3, 0.4) is 0 Å². The average molecular weight is 1970 g/mol. The molecular formula is C97H84O27S9. The van der Waals surface area contributed by atoms with E-state index in [4.69, 9.17) is 15.3 Å². The van der Waals surface area contributed by atoms with Gasteiger partial charge in [0, 0.05) is 5.39 Å². The van der Waals surface area contributed by atoms with Crippen molar-refractivity contribution in [3.63, 3.8) is 0 Å². The number of rotatable bonds is 19. The summed E-state index contributed by atoms with van der Waals surface area (Å²) in [4.78, 5) is 32.6. The van der Waals surface area contributed by atoms with Gasteiger partial charge in [-0.3, -0.25) is 0 Å². The standard InChI is InChI=1S/C19H14O6S2.C18H14O5S2.C18H24O5S2.C17H12O4S.C13H10O4S.C12H10O3S/c20-19(21)14-11-17(26(22,23)15-7-3-1-4-8-15)13-18(12-14)27(24,25)16-9-5-2-6-10-16;19-14-11-17(24(20,21)15-7-3-1-4-8-15)13-18(12-14)25(22,23)16-9-5-2-6-10-16;1-17(2,3)24(20,21)14-10-12-9-13(19)7-8-15(12)16(11-14)25(22,23)18(4,5)6;18-17(19)14-7-6-13-11-16(9-8-12(13)10-14)22(20,21)15-4-2-1-3-5-15;14-13(15)10-6-8-12(9-7-10)18(16,17)11-4-2-1-3-5-11;13-10-6-8-12(9-7-10)16(14,15)11-4-2-1-3-5-11/h1-13H,(H,20,21);1-13,19H;7-11,19H,1-6H3;1-11H,(H,18,19);1-9H,(H,14,15);1-9,13H. The van der Waals surface area contributed by atoms with Gasteiger partial charge in [-0.1, -0.05) is 140 Å². The Kier molecular flexibility index (Phi) is 31.2. The first kappa shape index (κ1) is 101. The Labute approximate surface area is 769 Å². The molecule has 15 aromatic rings. The third-order valence-electron chi connectivity index (χ3n) is 19.6. The van der Waals surface area contributed by atoms with Gasteiger partial charge in [0.1, 0.15) is 17.2 Å². The van der Waals surface area contributed by atoms with Gasteiger partial charge in [-0.25, -0.2) is 90.1 Å². The van der Waals surface area contributed by atoms with Gasteiger partial charge in [-0.2, -0.15) is 0 Å². The van der Waals surface area contributed by atoms with Crippen LogP contribution in [0.15, 0.2) is 442 Å². The summed E-state index contributed by atoms with van der Waals surface area (Å²) in [6.45, 7) is 9.39. The monoisotopic (exact) mass is 1970 g/mol. The summed E-state index contributed by atoms with van der Waals surface area (Å²) in [5, 5.41) is 57.9. The zero-order chi connectivity index (χ0) is 97.7. The third-order valence-corrected chi connectivity index (χ3v) is 37.0. The number of phenolic OH excluding ortho intramolecular Hbond substituents is 3. The van der Waals surface area contributed by atoms with Crippen LogP contribution in [0, 0.1) is 0 Å². The molecule has 133 heavy (non-hydrogen) atoms. The molecule has 27 nitrogen and oxygen atoms in total. The molecule has 0 fully saturated rings. The normalized spacial score (nSPS) is 12.0. The minimum absolute atomic E-state index is 0.0173. The van der Waals surface area contributed by atoms with Crippen LogP contribution in [-0.2, 0) is 88.5 Å². The van der Waals surface area contributed by atoms with E-state index in [0.29, 0.717) is 21.5 Å². The maximum absolute atomic E-state index is 13.0. The predicted molar refractivity (Wildman–Crippen MR) is 497 cm³/mol. The average Bonchev–Trinajstić information content (AvgIpc) is 0.739. The third kappa shape index (κ3) is 23.7. The van der Waals surface area contributed by atoms with Gasteiger partial charge < -0.3 is 30.6 Å². The summed E-state index contributed by atoms with van der Waals surface area (Å²) in [5.41, 5.74) is -0.199. The Balaban J connectivity index is 0.000000167. The molecule has 36 heteroatoms. The number of phenols is 3. The molecule has 0 saturated heterocycles. The van der Waals surface area contributed by atoms with E-state index in [0.717, 1.165) is 36.4 Å². The van der Waals surface area contributed by atoms with Crippen molar-refractivity contribution in [1.82, 2.24) is 0 Å². The lowest BCUT2D eigenvalue weighted by Gasteiger charge is -2.23. The molecule has 0 atom stereocenters. The van der Waals surface area contributed by atoms with Crippen molar-refractivity contribution >= 4 is 128 Å². The van der Waals surface area contributed by atoms with Gasteiger partial charge in [0.05, 0.1) is 105 Å². The van der Waals surface area contributed by atoms with Crippen LogP contribution < -0.4 is 0 Å². The predicted octanol–water partition coefficient (Wildman–Crippen LogP) is 17.6. The van der Waals surface area contributed by atoms with Crippen molar-refractivity contribution in [3.05, 3.63) is 381 Å². The lowest BCUT2D eigenvalue weighted by Crippen LogP contribution is -2.30. The quantitative estimate of drug-likeness (QED) is 0.0438. The van der Waals surface area contributed by atoms with Gasteiger partial charge in [0.2, 0.25) is 68.9 Å². The largest absolute Gasteiger partial charge is 0.508 e. The van der Waals surface area contributed by atoms with Crippen molar-refractivity contribution in [2.24, 2.45) is 0 Å². The van der Waals surface area contributed by atoms with E-state index < -0.39 is 137 Å². The van der Waals surface area contributed by atoms with Crippen molar-refractivity contribution in [3.8, 4) is 17.2 Å². The molecule has 0 spiro atoms. The van der Waals surface area contributed by atoms with Crippen molar-refractivity contribution in [2.45, 2.75) is 129 Å². The molecule has 15 rings (SSSR count). The minimum Gasteiger partial charge on any atom is -0.508 e. The summed E-state index contributed by atoms with van der Waals surface area (Å²) in [7, 11) is -34.2. The van der Waals surface area contributed by atoms with E-state index in [2.05, 4.69) is 0 Å². The highest BCUT2D eigenvalue weighted by Gasteiger charge is 2.37. The van der Waals surface area contributed by atoms with Crippen LogP contribution in [0.2, 0.25) is 0 Å². The summed E-state index contributed by atoms with van der Waals surface area (Å²) in [5.74, 6) is -3.97. The number of carboxylic acids is 3. The number of carboxylic acid groups (broad SMARTS) is 3. The second-order valence-corrected chi connectivity index (χ2v) is 49.8. The van der Waals surface area contributed by atoms with Crippen LogP contribution in [0.25, 0.3) is 21.5 Å². The fourth-order valence-corrected chi connectivity index (χ4v) is 24.5. The molecule has 0 aromatic heterocycles. The lowest BCUT2D eigenvalue weighted by molar-refractivity contribution is 0.0685. The molecule has 0 aliphatic carbocycles. The first-order chi connectivity index (χ1) is 62.2. The lowest BCUT2D eigenvalue weighted by atomic mass is 10.1. The van der Waals surface area contributed by atoms with E-state index in [-0.39, 0.29) is 91.2 Å². The molecule has 0 radical (unpaired) electrons. The van der Waals surface area contributed by atoms with Gasteiger partial charge in [0.25, 0.3) is 0 Å². The number of aromatic carboxylic acids is 3.